The van der Waals surface area contributed by atoms with E-state index in [0.717, 1.165) is 4.90 Å². The Morgan fingerprint density at radius 2 is 1.78 bits per heavy atom. The predicted molar refractivity (Wildman–Crippen MR) is 54.9 cm³/mol. The van der Waals surface area contributed by atoms with Crippen molar-refractivity contribution in [1.29, 1.82) is 0 Å². The van der Waals surface area contributed by atoms with Gasteiger partial charge in [0.2, 0.25) is 11.6 Å². The van der Waals surface area contributed by atoms with Gasteiger partial charge in [-0.25, -0.2) is 0 Å². The molecule has 2 heterocycles. The molecule has 7 heteroatoms. The van der Waals surface area contributed by atoms with Crippen LogP contribution in [0.5, 0.6) is 0 Å². The average molecular weight is 260 g/mol. The fourth-order valence-corrected chi connectivity index (χ4v) is 1.53. The van der Waals surface area contributed by atoms with Gasteiger partial charge in [0.05, 0.1) is 12.8 Å². The number of nitrogens with zero attached hydrogens (tertiary/aromatic N) is 2. The summed E-state index contributed by atoms with van der Waals surface area (Å²) in [4.78, 5) is 3.48. The van der Waals surface area contributed by atoms with E-state index in [9.17, 15) is 17.6 Å². The highest BCUT2D eigenvalue weighted by atomic mass is 19.2. The van der Waals surface area contributed by atoms with Gasteiger partial charge in [0.25, 0.3) is 11.9 Å². The van der Waals surface area contributed by atoms with E-state index < -0.39 is 29.2 Å². The second-order valence-corrected chi connectivity index (χ2v) is 3.61. The van der Waals surface area contributed by atoms with E-state index in [1.54, 1.807) is 12.1 Å². The topological polar surface area (TPSA) is 29.3 Å². The van der Waals surface area contributed by atoms with Crippen molar-refractivity contribution in [1.82, 2.24) is 4.98 Å². The van der Waals surface area contributed by atoms with E-state index in [4.69, 9.17) is 4.42 Å². The first kappa shape index (κ1) is 12.4. The molecule has 18 heavy (non-hydrogen) atoms. The Morgan fingerprint density at radius 3 is 2.28 bits per heavy atom. The minimum absolute atomic E-state index is 0.0380. The highest BCUT2D eigenvalue weighted by Gasteiger charge is 2.23. The smallest absolute Gasteiger partial charge is 0.253 e. The minimum Gasteiger partial charge on any atom is -0.467 e. The molecule has 0 aliphatic carbocycles. The molecule has 0 amide bonds. The molecule has 0 saturated heterocycles. The summed E-state index contributed by atoms with van der Waals surface area (Å²) in [6.07, 6.45) is 1.38. The number of anilines is 1. The number of aromatic nitrogens is 1. The highest BCUT2D eigenvalue weighted by molar-refractivity contribution is 5.47. The van der Waals surface area contributed by atoms with Gasteiger partial charge in [-0.3, -0.25) is 0 Å². The Morgan fingerprint density at radius 1 is 1.17 bits per heavy atom. The second-order valence-electron chi connectivity index (χ2n) is 3.61. The molecule has 96 valence electrons. The number of furan rings is 1. The molecule has 2 rings (SSSR count). The first-order valence-electron chi connectivity index (χ1n) is 4.94. The summed E-state index contributed by atoms with van der Waals surface area (Å²) >= 11 is 0. The van der Waals surface area contributed by atoms with Gasteiger partial charge in [-0.05, 0) is 12.1 Å². The summed E-state index contributed by atoms with van der Waals surface area (Å²) in [5.74, 6) is -6.05. The number of hydrogen-bond donors (Lipinski definition) is 0. The molecule has 0 radical (unpaired) electrons. The molecule has 0 bridgehead atoms. The summed E-state index contributed by atoms with van der Waals surface area (Å²) in [5, 5.41) is 0. The zero-order valence-corrected chi connectivity index (χ0v) is 9.25. The first-order chi connectivity index (χ1) is 8.50. The van der Waals surface area contributed by atoms with E-state index in [1.165, 1.54) is 13.3 Å². The fourth-order valence-electron chi connectivity index (χ4n) is 1.53. The van der Waals surface area contributed by atoms with Crippen molar-refractivity contribution >= 4 is 5.69 Å². The average Bonchev–Trinajstić information content (AvgIpc) is 2.79. The standard InChI is InChI=1S/C11H8F4N2O/c1-17(5-6-3-2-4-18-6)9-7(12)10(14)16-11(15)8(9)13/h2-4H,5H2,1H3. The quantitative estimate of drug-likeness (QED) is 0.627. The molecule has 2 aromatic heterocycles. The largest absolute Gasteiger partial charge is 0.467 e. The van der Waals surface area contributed by atoms with Crippen molar-refractivity contribution in [3.05, 3.63) is 47.7 Å². The van der Waals surface area contributed by atoms with Gasteiger partial charge in [0.1, 0.15) is 11.4 Å². The summed E-state index contributed by atoms with van der Waals surface area (Å²) in [6, 6.07) is 3.16. The number of hydrogen-bond acceptors (Lipinski definition) is 3. The van der Waals surface area contributed by atoms with Gasteiger partial charge in [0, 0.05) is 7.05 Å². The Labute approximate surface area is 99.7 Å². The van der Waals surface area contributed by atoms with Crippen LogP contribution in [0.2, 0.25) is 0 Å². The Balaban J connectivity index is 2.38. The molecule has 0 aliphatic heterocycles. The molecule has 0 aliphatic rings. The molecular formula is C11H8F4N2O. The van der Waals surface area contributed by atoms with Crippen LogP contribution in [-0.2, 0) is 6.54 Å². The lowest BCUT2D eigenvalue weighted by molar-refractivity contribution is 0.405. The third-order valence-electron chi connectivity index (χ3n) is 2.33. The van der Waals surface area contributed by atoms with Gasteiger partial charge in [-0.15, -0.1) is 0 Å². The van der Waals surface area contributed by atoms with Crippen LogP contribution in [0.4, 0.5) is 23.2 Å². The molecule has 0 fully saturated rings. The van der Waals surface area contributed by atoms with Crippen molar-refractivity contribution < 1.29 is 22.0 Å². The normalized spacial score (nSPS) is 10.7. The van der Waals surface area contributed by atoms with Crippen LogP contribution in [-0.4, -0.2) is 12.0 Å². The minimum atomic E-state index is -1.69. The highest BCUT2D eigenvalue weighted by Crippen LogP contribution is 2.26. The Hall–Kier alpha value is -2.05. The monoisotopic (exact) mass is 260 g/mol. The van der Waals surface area contributed by atoms with Gasteiger partial charge in [-0.2, -0.15) is 22.5 Å². The maximum absolute atomic E-state index is 13.4. The summed E-state index contributed by atoms with van der Waals surface area (Å²) in [6.45, 7) is -0.0380. The van der Waals surface area contributed by atoms with Crippen molar-refractivity contribution in [2.45, 2.75) is 6.54 Å². The Kier molecular flexibility index (Phi) is 3.22. The lowest BCUT2D eigenvalue weighted by Gasteiger charge is -2.19. The maximum Gasteiger partial charge on any atom is 0.253 e. The summed E-state index contributed by atoms with van der Waals surface area (Å²) in [7, 11) is 1.28. The van der Waals surface area contributed by atoms with Crippen LogP contribution in [0.25, 0.3) is 0 Å². The molecular weight excluding hydrogens is 252 g/mol. The number of rotatable bonds is 3. The van der Waals surface area contributed by atoms with Crippen LogP contribution < -0.4 is 4.90 Å². The first-order valence-corrected chi connectivity index (χ1v) is 4.94. The van der Waals surface area contributed by atoms with Crippen molar-refractivity contribution in [2.24, 2.45) is 0 Å². The van der Waals surface area contributed by atoms with Gasteiger partial charge < -0.3 is 9.32 Å². The fraction of sp³-hybridized carbons (Fsp3) is 0.182. The van der Waals surface area contributed by atoms with E-state index >= 15 is 0 Å². The molecule has 2 aromatic rings. The van der Waals surface area contributed by atoms with Crippen molar-refractivity contribution in [3.8, 4) is 0 Å². The van der Waals surface area contributed by atoms with Gasteiger partial charge in [-0.1, -0.05) is 0 Å². The van der Waals surface area contributed by atoms with Gasteiger partial charge >= 0.3 is 0 Å². The van der Waals surface area contributed by atoms with Crippen molar-refractivity contribution in [3.63, 3.8) is 0 Å². The molecule has 0 aromatic carbocycles. The zero-order valence-electron chi connectivity index (χ0n) is 9.25. The molecule has 0 spiro atoms. The van der Waals surface area contributed by atoms with Crippen LogP contribution in [0.3, 0.4) is 0 Å². The van der Waals surface area contributed by atoms with E-state index in [1.807, 2.05) is 0 Å². The molecule has 0 saturated carbocycles. The van der Waals surface area contributed by atoms with E-state index in [0.29, 0.717) is 5.76 Å². The van der Waals surface area contributed by atoms with Gasteiger partial charge in [0.15, 0.2) is 0 Å². The lowest BCUT2D eigenvalue weighted by atomic mass is 10.3. The van der Waals surface area contributed by atoms with Crippen LogP contribution in [0.15, 0.2) is 22.8 Å². The van der Waals surface area contributed by atoms with E-state index in [-0.39, 0.29) is 6.54 Å². The predicted octanol–water partition coefficient (Wildman–Crippen LogP) is 2.87. The molecule has 3 nitrogen and oxygen atoms in total. The number of pyridine rings is 1. The third-order valence-corrected chi connectivity index (χ3v) is 2.33. The summed E-state index contributed by atoms with van der Waals surface area (Å²) in [5.41, 5.74) is -0.823. The third kappa shape index (κ3) is 2.15. The van der Waals surface area contributed by atoms with Crippen LogP contribution >= 0.6 is 0 Å². The summed E-state index contributed by atoms with van der Waals surface area (Å²) < 4.78 is 57.6. The van der Waals surface area contributed by atoms with Crippen LogP contribution in [0, 0.1) is 23.5 Å². The number of halogens is 4. The van der Waals surface area contributed by atoms with Crippen LogP contribution in [0.1, 0.15) is 5.76 Å². The van der Waals surface area contributed by atoms with Crippen molar-refractivity contribution in [2.75, 3.05) is 11.9 Å². The second kappa shape index (κ2) is 4.67. The maximum atomic E-state index is 13.4. The molecule has 0 N–H and O–H groups in total. The van der Waals surface area contributed by atoms with E-state index in [2.05, 4.69) is 4.98 Å². The lowest BCUT2D eigenvalue weighted by Crippen LogP contribution is -2.21. The molecule has 0 atom stereocenters. The molecule has 0 unspecified atom stereocenters. The Bertz CT molecular complexity index is 530. The SMILES string of the molecule is CN(Cc1ccco1)c1c(F)c(F)nc(F)c1F. The zero-order chi connectivity index (χ0) is 13.3.